The number of hydrogen-bond donors (Lipinski definition) is 0. The summed E-state index contributed by atoms with van der Waals surface area (Å²) in [5.74, 6) is 0.611. The molecule has 1 unspecified atom stereocenters. The van der Waals surface area contributed by atoms with Crippen LogP contribution in [0.5, 0.6) is 0 Å². The van der Waals surface area contributed by atoms with E-state index in [-0.39, 0.29) is 5.78 Å². The van der Waals surface area contributed by atoms with Gasteiger partial charge in [-0.05, 0) is 73.0 Å². The van der Waals surface area contributed by atoms with Crippen molar-refractivity contribution >= 4 is 5.78 Å². The molecule has 2 bridgehead atoms. The standard InChI is InChI=1S/C25H34O3/c1-3-7-23-9-11-24(12-10-23)20-5-4-17-15-21(26)25(27-13-14-28-25)16-19(17)18(20)6-8-22(23,24)2/h9,11,18,20H,3-8,10,12-16H2,1-2H3/t18-,20-,22-,23-,24?/m1/s1. The molecule has 0 aromatic rings. The van der Waals surface area contributed by atoms with Gasteiger partial charge < -0.3 is 9.47 Å². The topological polar surface area (TPSA) is 35.5 Å². The van der Waals surface area contributed by atoms with Crippen molar-refractivity contribution in [1.82, 2.24) is 0 Å². The molecule has 3 nitrogen and oxygen atoms in total. The van der Waals surface area contributed by atoms with E-state index in [2.05, 4.69) is 26.0 Å². The van der Waals surface area contributed by atoms with Crippen molar-refractivity contribution in [1.29, 1.82) is 0 Å². The van der Waals surface area contributed by atoms with Crippen LogP contribution in [0.15, 0.2) is 23.3 Å². The Kier molecular flexibility index (Phi) is 3.58. The maximum atomic E-state index is 12.8. The fourth-order valence-electron chi connectivity index (χ4n) is 8.90. The molecule has 0 amide bonds. The Morgan fingerprint density at radius 3 is 2.64 bits per heavy atom. The Morgan fingerprint density at radius 1 is 1.11 bits per heavy atom. The highest BCUT2D eigenvalue weighted by molar-refractivity contribution is 5.90. The van der Waals surface area contributed by atoms with Gasteiger partial charge in [0, 0.05) is 12.8 Å². The van der Waals surface area contributed by atoms with Gasteiger partial charge in [-0.15, -0.1) is 0 Å². The van der Waals surface area contributed by atoms with Gasteiger partial charge in [0.05, 0.1) is 13.2 Å². The minimum absolute atomic E-state index is 0.171. The Balaban J connectivity index is 1.38. The van der Waals surface area contributed by atoms with Crippen LogP contribution in [0.1, 0.15) is 78.1 Å². The van der Waals surface area contributed by atoms with Gasteiger partial charge in [0.1, 0.15) is 0 Å². The number of ether oxygens (including phenoxy) is 2. The first-order chi connectivity index (χ1) is 13.5. The monoisotopic (exact) mass is 382 g/mol. The van der Waals surface area contributed by atoms with Gasteiger partial charge >= 0.3 is 0 Å². The second-order valence-electron chi connectivity index (χ2n) is 10.8. The molecule has 3 heteroatoms. The second kappa shape index (κ2) is 5.60. The number of ketones is 1. The van der Waals surface area contributed by atoms with E-state index in [0.29, 0.717) is 48.2 Å². The number of hydrogen-bond acceptors (Lipinski definition) is 3. The highest BCUT2D eigenvalue weighted by Crippen LogP contribution is 2.78. The number of allylic oxidation sites excluding steroid dienone is 3. The van der Waals surface area contributed by atoms with Crippen LogP contribution in [0.3, 0.4) is 0 Å². The molecule has 0 aromatic heterocycles. The molecule has 2 saturated carbocycles. The number of carbonyl (C=O) groups excluding carboxylic acids is 1. The summed E-state index contributed by atoms with van der Waals surface area (Å²) in [5, 5.41) is 0. The van der Waals surface area contributed by atoms with Gasteiger partial charge in [0.15, 0.2) is 5.78 Å². The maximum Gasteiger partial charge on any atom is 0.233 e. The molecule has 1 heterocycles. The van der Waals surface area contributed by atoms with Crippen LogP contribution in [-0.2, 0) is 14.3 Å². The Labute approximate surface area is 168 Å². The Bertz CT molecular complexity index is 788. The Morgan fingerprint density at radius 2 is 1.93 bits per heavy atom. The van der Waals surface area contributed by atoms with Crippen molar-refractivity contribution in [2.24, 2.45) is 28.1 Å². The van der Waals surface area contributed by atoms with Crippen molar-refractivity contribution < 1.29 is 14.3 Å². The molecule has 5 atom stereocenters. The zero-order valence-corrected chi connectivity index (χ0v) is 17.5. The highest BCUT2D eigenvalue weighted by Gasteiger charge is 2.71. The van der Waals surface area contributed by atoms with Crippen LogP contribution in [0, 0.1) is 28.1 Å². The summed E-state index contributed by atoms with van der Waals surface area (Å²) in [6.07, 6.45) is 17.0. The summed E-state index contributed by atoms with van der Waals surface area (Å²) < 4.78 is 11.8. The van der Waals surface area contributed by atoms with Crippen molar-refractivity contribution in [3.8, 4) is 0 Å². The molecule has 0 radical (unpaired) electrons. The molecular formula is C25H34O3. The minimum Gasteiger partial charge on any atom is -0.341 e. The van der Waals surface area contributed by atoms with Gasteiger partial charge in [-0.1, -0.05) is 43.6 Å². The second-order valence-corrected chi connectivity index (χ2v) is 10.8. The Hall–Kier alpha value is -0.930. The predicted octanol–water partition coefficient (Wildman–Crippen LogP) is 5.35. The van der Waals surface area contributed by atoms with Crippen LogP contribution in [0.25, 0.3) is 0 Å². The number of fused-ring (bicyclic) bond motifs is 2. The van der Waals surface area contributed by atoms with Gasteiger partial charge in [-0.25, -0.2) is 0 Å². The van der Waals surface area contributed by atoms with Crippen molar-refractivity contribution in [2.75, 3.05) is 13.2 Å². The van der Waals surface area contributed by atoms with E-state index in [1.165, 1.54) is 50.5 Å². The van der Waals surface area contributed by atoms with E-state index >= 15 is 0 Å². The van der Waals surface area contributed by atoms with Gasteiger partial charge in [-0.2, -0.15) is 0 Å². The smallest absolute Gasteiger partial charge is 0.233 e. The molecule has 0 aromatic carbocycles. The maximum absolute atomic E-state index is 12.8. The lowest BCUT2D eigenvalue weighted by atomic mass is 9.45. The molecule has 28 heavy (non-hydrogen) atoms. The molecule has 1 aliphatic heterocycles. The third-order valence-corrected chi connectivity index (χ3v) is 10.2. The third-order valence-electron chi connectivity index (χ3n) is 10.2. The summed E-state index contributed by atoms with van der Waals surface area (Å²) in [6, 6.07) is 0. The number of Topliss-reactive ketones (excluding diaryl/α,β-unsaturated/α-hetero) is 1. The van der Waals surface area contributed by atoms with Crippen molar-refractivity contribution in [2.45, 2.75) is 83.8 Å². The number of rotatable bonds is 2. The van der Waals surface area contributed by atoms with E-state index in [1.807, 2.05) is 0 Å². The summed E-state index contributed by atoms with van der Waals surface area (Å²) >= 11 is 0. The van der Waals surface area contributed by atoms with Crippen LogP contribution < -0.4 is 0 Å². The average Bonchev–Trinajstić information content (AvgIpc) is 3.32. The van der Waals surface area contributed by atoms with Crippen LogP contribution in [0.2, 0.25) is 0 Å². The molecule has 1 spiro atoms. The molecule has 1 saturated heterocycles. The lowest BCUT2D eigenvalue weighted by Gasteiger charge is -2.58. The average molecular weight is 383 g/mol. The predicted molar refractivity (Wildman–Crippen MR) is 108 cm³/mol. The first kappa shape index (κ1) is 17.9. The highest BCUT2D eigenvalue weighted by atomic mass is 16.7. The SMILES string of the molecule is CCC[C@@]12C=CC3(CC1)[C@@H]1CCC4=C(CC5(OCCO5)C(=O)C4)[C@H]1CC[C@@]32C. The fourth-order valence-corrected chi connectivity index (χ4v) is 8.90. The molecule has 3 fully saturated rings. The summed E-state index contributed by atoms with van der Waals surface area (Å²) in [5.41, 5.74) is 4.27. The molecule has 5 aliphatic carbocycles. The van der Waals surface area contributed by atoms with Crippen molar-refractivity contribution in [3.63, 3.8) is 0 Å². The molecule has 0 N–H and O–H groups in total. The summed E-state index contributed by atoms with van der Waals surface area (Å²) in [4.78, 5) is 12.8. The van der Waals surface area contributed by atoms with E-state index in [9.17, 15) is 4.79 Å². The normalized spacial score (nSPS) is 48.1. The lowest BCUT2D eigenvalue weighted by Crippen LogP contribution is -2.53. The number of carbonyl (C=O) groups is 1. The lowest BCUT2D eigenvalue weighted by molar-refractivity contribution is -0.183. The zero-order valence-electron chi connectivity index (χ0n) is 17.5. The largest absolute Gasteiger partial charge is 0.341 e. The molecule has 6 rings (SSSR count). The van der Waals surface area contributed by atoms with E-state index in [4.69, 9.17) is 9.47 Å². The molecule has 152 valence electrons. The third kappa shape index (κ3) is 1.87. The fraction of sp³-hybridized carbons (Fsp3) is 0.800. The van der Waals surface area contributed by atoms with E-state index < -0.39 is 5.79 Å². The first-order valence-electron chi connectivity index (χ1n) is 11.7. The summed E-state index contributed by atoms with van der Waals surface area (Å²) in [6.45, 7) is 6.11. The summed E-state index contributed by atoms with van der Waals surface area (Å²) in [7, 11) is 0. The quantitative estimate of drug-likeness (QED) is 0.604. The zero-order chi connectivity index (χ0) is 19.2. The van der Waals surface area contributed by atoms with Crippen LogP contribution >= 0.6 is 0 Å². The molecular weight excluding hydrogens is 348 g/mol. The minimum atomic E-state index is -0.938. The first-order valence-corrected chi connectivity index (χ1v) is 11.7. The van der Waals surface area contributed by atoms with Gasteiger partial charge in [0.25, 0.3) is 0 Å². The van der Waals surface area contributed by atoms with E-state index in [0.717, 1.165) is 12.3 Å². The van der Waals surface area contributed by atoms with Crippen LogP contribution in [0.4, 0.5) is 0 Å². The van der Waals surface area contributed by atoms with Crippen molar-refractivity contribution in [3.05, 3.63) is 23.3 Å². The van der Waals surface area contributed by atoms with Gasteiger partial charge in [-0.3, -0.25) is 4.79 Å². The molecule has 6 aliphatic rings. The van der Waals surface area contributed by atoms with Gasteiger partial charge in [0.2, 0.25) is 5.79 Å². The van der Waals surface area contributed by atoms with Crippen LogP contribution in [-0.4, -0.2) is 24.8 Å². The van der Waals surface area contributed by atoms with E-state index in [1.54, 1.807) is 5.57 Å².